The molecule has 6 heterocycles. The molecule has 0 saturated carbocycles. The van der Waals surface area contributed by atoms with Crippen molar-refractivity contribution < 1.29 is 32.7 Å². The number of aromatic nitrogens is 3. The molecule has 41 heavy (non-hydrogen) atoms. The maximum Gasteiger partial charge on any atom is 0.276 e. The Hall–Kier alpha value is -4.49. The molecule has 7 rings (SSSR count). The van der Waals surface area contributed by atoms with E-state index in [0.717, 1.165) is 0 Å². The number of hydrogen-bond donors (Lipinski definition) is 3. The zero-order valence-corrected chi connectivity index (χ0v) is 21.4. The number of carbonyl (C=O) groups is 3. The van der Waals surface area contributed by atoms with Gasteiger partial charge in [0.15, 0.2) is 5.95 Å². The molecule has 0 aliphatic carbocycles. The fraction of sp³-hybridized carbons (Fsp3) is 0.286. The highest BCUT2D eigenvalue weighted by atomic mass is 19.3. The first-order valence-electron chi connectivity index (χ1n) is 13.1. The molecular formula is C28H23F3N6O4. The molecule has 210 valence electrons. The minimum atomic E-state index is -3.27. The van der Waals surface area contributed by atoms with E-state index in [1.54, 1.807) is 40.9 Å². The van der Waals surface area contributed by atoms with E-state index in [0.29, 0.717) is 33.4 Å². The second kappa shape index (κ2) is 9.01. The smallest absolute Gasteiger partial charge is 0.276 e. The van der Waals surface area contributed by atoms with E-state index in [2.05, 4.69) is 15.6 Å². The lowest BCUT2D eigenvalue weighted by Gasteiger charge is -2.37. The topological polar surface area (TPSA) is 121 Å². The number of nitrogens with one attached hydrogen (secondary N) is 2. The van der Waals surface area contributed by atoms with E-state index in [9.17, 15) is 28.3 Å². The predicted molar refractivity (Wildman–Crippen MR) is 140 cm³/mol. The molecule has 3 aromatic heterocycles. The van der Waals surface area contributed by atoms with Gasteiger partial charge in [0.05, 0.1) is 35.1 Å². The number of likely N-dealkylation sites (tertiary alicyclic amines) is 1. The molecule has 0 spiro atoms. The van der Waals surface area contributed by atoms with E-state index in [1.165, 1.54) is 21.7 Å². The standard InChI is InChI=1S/C28H23F3N6O4/c29-20-9-16-15(22-23(26(40)34-25(22)39)18-11-33-21-3-1-2-7-36(18)21)5-4-14-10-32-17(12-37(20)24(14)16)27(41)35-8-6-28(30,31)19(38)13-35/h1-5,7,9,11,17,19,32,38H,6,8,10,12-13H2,(H,34,39,40). The number of imidazole rings is 1. The van der Waals surface area contributed by atoms with Gasteiger partial charge in [0, 0.05) is 43.7 Å². The van der Waals surface area contributed by atoms with Crippen LogP contribution in [0.1, 0.15) is 23.2 Å². The summed E-state index contributed by atoms with van der Waals surface area (Å²) < 4.78 is 46.1. The zero-order chi connectivity index (χ0) is 28.6. The number of alkyl halides is 2. The maximum absolute atomic E-state index is 15.5. The first kappa shape index (κ1) is 25.5. The second-order valence-corrected chi connectivity index (χ2v) is 10.5. The van der Waals surface area contributed by atoms with Crippen molar-refractivity contribution in [1.29, 1.82) is 0 Å². The number of β-amino-alcohol motifs (C(OH)–C–C–N with tert-alkyl or cyclic N) is 1. The molecule has 1 aromatic carbocycles. The number of aliphatic hydroxyl groups excluding tert-OH is 1. The summed E-state index contributed by atoms with van der Waals surface area (Å²) in [5, 5.41) is 15.6. The van der Waals surface area contributed by atoms with Crippen molar-refractivity contribution in [2.75, 3.05) is 13.1 Å². The van der Waals surface area contributed by atoms with Crippen LogP contribution in [0.25, 0.3) is 27.7 Å². The average Bonchev–Trinajstić information content (AvgIpc) is 3.54. The Balaban J connectivity index is 1.31. The minimum absolute atomic E-state index is 0.0809. The number of imide groups is 1. The number of carbonyl (C=O) groups excluding carboxylic acids is 3. The van der Waals surface area contributed by atoms with Crippen LogP contribution in [-0.2, 0) is 27.5 Å². The van der Waals surface area contributed by atoms with E-state index in [4.69, 9.17) is 0 Å². The average molecular weight is 565 g/mol. The summed E-state index contributed by atoms with van der Waals surface area (Å²) in [6.07, 6.45) is 0.586. The number of pyridine rings is 1. The molecule has 2 unspecified atom stereocenters. The molecule has 13 heteroatoms. The highest BCUT2D eigenvalue weighted by Crippen LogP contribution is 2.38. The number of halogens is 3. The number of benzene rings is 1. The molecule has 3 aliphatic rings. The Bertz CT molecular complexity index is 1830. The first-order valence-corrected chi connectivity index (χ1v) is 13.1. The third-order valence-electron chi connectivity index (χ3n) is 8.08. The van der Waals surface area contributed by atoms with Gasteiger partial charge in [0.25, 0.3) is 17.7 Å². The van der Waals surface area contributed by atoms with E-state index in [1.807, 2.05) is 0 Å². The molecule has 1 fully saturated rings. The Labute approximate surface area is 230 Å². The zero-order valence-electron chi connectivity index (χ0n) is 21.4. The highest BCUT2D eigenvalue weighted by molar-refractivity contribution is 6.49. The quantitative estimate of drug-likeness (QED) is 0.326. The molecule has 0 bridgehead atoms. The molecule has 3 amide bonds. The summed E-state index contributed by atoms with van der Waals surface area (Å²) in [5.74, 6) is -5.68. The monoisotopic (exact) mass is 564 g/mol. The third-order valence-corrected chi connectivity index (χ3v) is 8.08. The van der Waals surface area contributed by atoms with Gasteiger partial charge < -0.3 is 19.9 Å². The lowest BCUT2D eigenvalue weighted by Crippen LogP contribution is -2.57. The number of amides is 3. The molecule has 4 aromatic rings. The van der Waals surface area contributed by atoms with Gasteiger partial charge in [-0.15, -0.1) is 0 Å². The normalized spacial score (nSPS) is 22.5. The van der Waals surface area contributed by atoms with Crippen molar-refractivity contribution in [2.24, 2.45) is 0 Å². The van der Waals surface area contributed by atoms with Gasteiger partial charge >= 0.3 is 0 Å². The fourth-order valence-corrected chi connectivity index (χ4v) is 5.99. The third kappa shape index (κ3) is 3.87. The van der Waals surface area contributed by atoms with Crippen LogP contribution in [0.3, 0.4) is 0 Å². The first-order chi connectivity index (χ1) is 19.6. The van der Waals surface area contributed by atoms with Gasteiger partial charge in [-0.25, -0.2) is 13.8 Å². The Kier molecular flexibility index (Phi) is 5.60. The van der Waals surface area contributed by atoms with Crippen molar-refractivity contribution in [3.05, 3.63) is 71.6 Å². The molecule has 0 radical (unpaired) electrons. The summed E-state index contributed by atoms with van der Waals surface area (Å²) in [4.78, 5) is 44.9. The predicted octanol–water partition coefficient (Wildman–Crippen LogP) is 1.70. The van der Waals surface area contributed by atoms with E-state index in [-0.39, 0.29) is 30.8 Å². The van der Waals surface area contributed by atoms with Crippen molar-refractivity contribution in [3.63, 3.8) is 0 Å². The summed E-state index contributed by atoms with van der Waals surface area (Å²) in [6.45, 7) is -0.732. The van der Waals surface area contributed by atoms with Gasteiger partial charge in [-0.2, -0.15) is 4.39 Å². The maximum atomic E-state index is 15.5. The van der Waals surface area contributed by atoms with Crippen molar-refractivity contribution >= 4 is 45.4 Å². The summed E-state index contributed by atoms with van der Waals surface area (Å²) in [7, 11) is 0. The van der Waals surface area contributed by atoms with Gasteiger partial charge in [0.2, 0.25) is 5.91 Å². The number of aliphatic hydroxyl groups is 1. The number of piperidine rings is 1. The van der Waals surface area contributed by atoms with Gasteiger partial charge in [0.1, 0.15) is 17.8 Å². The van der Waals surface area contributed by atoms with Crippen LogP contribution in [0.4, 0.5) is 13.2 Å². The lowest BCUT2D eigenvalue weighted by atomic mass is 9.95. The molecule has 3 aliphatic heterocycles. The number of fused-ring (bicyclic) bond motifs is 1. The van der Waals surface area contributed by atoms with Gasteiger partial charge in [-0.3, -0.25) is 24.1 Å². The highest BCUT2D eigenvalue weighted by Gasteiger charge is 2.45. The van der Waals surface area contributed by atoms with Crippen LogP contribution < -0.4 is 10.6 Å². The Morgan fingerprint density at radius 3 is 2.71 bits per heavy atom. The van der Waals surface area contributed by atoms with Crippen LogP contribution >= 0.6 is 0 Å². The SMILES string of the molecule is O=C1NC(=O)C(c2cnc3ccccn23)=C1c1ccc2c3c1cc(F)n3CC(C(=O)N1CCC(F)(F)C(O)C1)NC2. The second-order valence-electron chi connectivity index (χ2n) is 10.5. The lowest BCUT2D eigenvalue weighted by molar-refractivity contribution is -0.163. The van der Waals surface area contributed by atoms with Gasteiger partial charge in [-0.05, 0) is 23.3 Å². The van der Waals surface area contributed by atoms with Crippen LogP contribution in [0.15, 0.2) is 48.8 Å². The largest absolute Gasteiger partial charge is 0.385 e. The van der Waals surface area contributed by atoms with E-state index < -0.39 is 54.7 Å². The molecule has 2 atom stereocenters. The van der Waals surface area contributed by atoms with Crippen LogP contribution in [0.5, 0.6) is 0 Å². The molecule has 3 N–H and O–H groups in total. The van der Waals surface area contributed by atoms with Gasteiger partial charge in [-0.1, -0.05) is 18.2 Å². The van der Waals surface area contributed by atoms with Crippen molar-refractivity contribution in [2.45, 2.75) is 37.6 Å². The summed E-state index contributed by atoms with van der Waals surface area (Å²) in [6, 6.07) is 8.99. The van der Waals surface area contributed by atoms with Crippen LogP contribution in [0, 0.1) is 5.95 Å². The molecular weight excluding hydrogens is 541 g/mol. The Morgan fingerprint density at radius 1 is 1.10 bits per heavy atom. The fourth-order valence-electron chi connectivity index (χ4n) is 5.99. The summed E-state index contributed by atoms with van der Waals surface area (Å²) in [5.41, 5.74) is 2.62. The summed E-state index contributed by atoms with van der Waals surface area (Å²) >= 11 is 0. The van der Waals surface area contributed by atoms with Crippen LogP contribution in [-0.4, -0.2) is 72.8 Å². The Morgan fingerprint density at radius 2 is 1.90 bits per heavy atom. The molecule has 1 saturated heterocycles. The number of hydrogen-bond acceptors (Lipinski definition) is 6. The van der Waals surface area contributed by atoms with Crippen molar-refractivity contribution in [1.82, 2.24) is 29.5 Å². The van der Waals surface area contributed by atoms with Crippen molar-refractivity contribution in [3.8, 4) is 0 Å². The number of nitrogens with zero attached hydrogens (tertiary/aromatic N) is 4. The van der Waals surface area contributed by atoms with E-state index >= 15 is 4.39 Å². The molecule has 10 nitrogen and oxygen atoms in total. The number of rotatable bonds is 3. The minimum Gasteiger partial charge on any atom is -0.385 e. The van der Waals surface area contributed by atoms with Crippen LogP contribution in [0.2, 0.25) is 0 Å².